The molecule has 0 aliphatic heterocycles. The van der Waals surface area contributed by atoms with Crippen molar-refractivity contribution in [2.24, 2.45) is 0 Å². The fourth-order valence-corrected chi connectivity index (χ4v) is 2.12. The molecule has 0 radical (unpaired) electrons. The Morgan fingerprint density at radius 2 is 2.00 bits per heavy atom. The van der Waals surface area contributed by atoms with Crippen LogP contribution in [0.1, 0.15) is 30.7 Å². The zero-order valence-electron chi connectivity index (χ0n) is 12.8. The van der Waals surface area contributed by atoms with Crippen molar-refractivity contribution in [1.29, 1.82) is 0 Å². The van der Waals surface area contributed by atoms with Gasteiger partial charge in [-0.15, -0.1) is 0 Å². The lowest BCUT2D eigenvalue weighted by Gasteiger charge is -2.13. The maximum Gasteiger partial charge on any atom is 0.275 e. The molecule has 0 bridgehead atoms. The lowest BCUT2D eigenvalue weighted by atomic mass is 10.1. The Bertz CT molecular complexity index is 705. The van der Waals surface area contributed by atoms with Crippen LogP contribution in [0.25, 0.3) is 5.69 Å². The second kappa shape index (κ2) is 6.10. The Balaban J connectivity index is 2.48. The molecule has 5 heteroatoms. The standard InChI is InChI=1S/C16H21N3O2/c1-10(2)17-9-13-15(20)8-16(21)19(18-13)14-6-5-11(3)7-12(14)4/h5-8,10,17,20H,9H2,1-4H3. The summed E-state index contributed by atoms with van der Waals surface area (Å²) < 4.78 is 1.34. The van der Waals surface area contributed by atoms with E-state index in [-0.39, 0.29) is 17.4 Å². The van der Waals surface area contributed by atoms with Crippen LogP contribution in [0.5, 0.6) is 5.75 Å². The summed E-state index contributed by atoms with van der Waals surface area (Å²) in [7, 11) is 0. The Kier molecular flexibility index (Phi) is 4.43. The number of aromatic nitrogens is 2. The third kappa shape index (κ3) is 3.49. The van der Waals surface area contributed by atoms with Gasteiger partial charge in [0.2, 0.25) is 0 Å². The maximum absolute atomic E-state index is 12.1. The van der Waals surface area contributed by atoms with Crippen molar-refractivity contribution >= 4 is 0 Å². The van der Waals surface area contributed by atoms with Crippen molar-refractivity contribution in [3.05, 3.63) is 51.4 Å². The van der Waals surface area contributed by atoms with Crippen molar-refractivity contribution in [2.75, 3.05) is 0 Å². The van der Waals surface area contributed by atoms with E-state index in [1.54, 1.807) is 0 Å². The molecule has 0 saturated carbocycles. The van der Waals surface area contributed by atoms with Gasteiger partial charge in [0.05, 0.1) is 5.69 Å². The summed E-state index contributed by atoms with van der Waals surface area (Å²) in [5.41, 5.74) is 2.95. The molecule has 0 amide bonds. The SMILES string of the molecule is Cc1ccc(-n2nc(CNC(C)C)c(O)cc2=O)c(C)c1. The first kappa shape index (κ1) is 15.3. The largest absolute Gasteiger partial charge is 0.506 e. The average molecular weight is 287 g/mol. The van der Waals surface area contributed by atoms with Gasteiger partial charge < -0.3 is 10.4 Å². The van der Waals surface area contributed by atoms with Gasteiger partial charge in [0.15, 0.2) is 0 Å². The van der Waals surface area contributed by atoms with E-state index in [0.717, 1.165) is 16.8 Å². The van der Waals surface area contributed by atoms with Crippen molar-refractivity contribution < 1.29 is 5.11 Å². The highest BCUT2D eigenvalue weighted by Gasteiger charge is 2.11. The molecule has 112 valence electrons. The zero-order valence-corrected chi connectivity index (χ0v) is 12.8. The molecular weight excluding hydrogens is 266 g/mol. The molecule has 0 saturated heterocycles. The van der Waals surface area contributed by atoms with Gasteiger partial charge in [0, 0.05) is 18.7 Å². The van der Waals surface area contributed by atoms with Crippen LogP contribution in [0.3, 0.4) is 0 Å². The minimum absolute atomic E-state index is 0.0748. The van der Waals surface area contributed by atoms with Crippen molar-refractivity contribution in [3.8, 4) is 11.4 Å². The molecule has 5 nitrogen and oxygen atoms in total. The van der Waals surface area contributed by atoms with E-state index in [1.807, 2.05) is 45.9 Å². The highest BCUT2D eigenvalue weighted by atomic mass is 16.3. The molecule has 21 heavy (non-hydrogen) atoms. The van der Waals surface area contributed by atoms with Crippen molar-refractivity contribution in [1.82, 2.24) is 15.1 Å². The predicted octanol–water partition coefficient (Wildman–Crippen LogP) is 2.05. The molecular formula is C16H21N3O2. The number of aromatic hydroxyl groups is 1. The zero-order chi connectivity index (χ0) is 15.6. The third-order valence-corrected chi connectivity index (χ3v) is 3.24. The molecule has 1 aromatic carbocycles. The van der Waals surface area contributed by atoms with E-state index in [4.69, 9.17) is 0 Å². The van der Waals surface area contributed by atoms with Gasteiger partial charge in [-0.05, 0) is 25.5 Å². The summed E-state index contributed by atoms with van der Waals surface area (Å²) in [5, 5.41) is 17.4. The van der Waals surface area contributed by atoms with Crippen LogP contribution in [0, 0.1) is 13.8 Å². The smallest absolute Gasteiger partial charge is 0.275 e. The van der Waals surface area contributed by atoms with Gasteiger partial charge in [-0.2, -0.15) is 9.78 Å². The average Bonchev–Trinajstić information content (AvgIpc) is 2.38. The van der Waals surface area contributed by atoms with Crippen molar-refractivity contribution in [3.63, 3.8) is 0 Å². The Morgan fingerprint density at radius 3 is 2.62 bits per heavy atom. The molecule has 0 atom stereocenters. The third-order valence-electron chi connectivity index (χ3n) is 3.24. The van der Waals surface area contributed by atoms with Gasteiger partial charge in [-0.25, -0.2) is 0 Å². The second-order valence-corrected chi connectivity index (χ2v) is 5.55. The van der Waals surface area contributed by atoms with Gasteiger partial charge in [0.1, 0.15) is 11.4 Å². The monoisotopic (exact) mass is 287 g/mol. The minimum Gasteiger partial charge on any atom is -0.506 e. The maximum atomic E-state index is 12.1. The van der Waals surface area contributed by atoms with Crippen LogP contribution < -0.4 is 10.9 Å². The van der Waals surface area contributed by atoms with Gasteiger partial charge >= 0.3 is 0 Å². The first-order valence-electron chi connectivity index (χ1n) is 7.01. The molecule has 0 unspecified atom stereocenters. The van der Waals surface area contributed by atoms with E-state index in [9.17, 15) is 9.90 Å². The molecule has 0 fully saturated rings. The lowest BCUT2D eigenvalue weighted by Crippen LogP contribution is -2.27. The normalized spacial score (nSPS) is 11.1. The Labute approximate surface area is 124 Å². The molecule has 2 rings (SSSR count). The summed E-state index contributed by atoms with van der Waals surface area (Å²) in [5.74, 6) is -0.0748. The van der Waals surface area contributed by atoms with Crippen molar-refractivity contribution in [2.45, 2.75) is 40.3 Å². The van der Waals surface area contributed by atoms with Gasteiger partial charge in [-0.3, -0.25) is 4.79 Å². The van der Waals surface area contributed by atoms with Gasteiger partial charge in [-0.1, -0.05) is 31.5 Å². The highest BCUT2D eigenvalue weighted by Crippen LogP contribution is 2.16. The minimum atomic E-state index is -0.340. The van der Waals surface area contributed by atoms with E-state index in [1.165, 1.54) is 10.7 Å². The fraction of sp³-hybridized carbons (Fsp3) is 0.375. The molecule has 0 spiro atoms. The van der Waals surface area contributed by atoms with E-state index >= 15 is 0 Å². The number of benzene rings is 1. The van der Waals surface area contributed by atoms with Crippen LogP contribution in [-0.2, 0) is 6.54 Å². The number of nitrogens with zero attached hydrogens (tertiary/aromatic N) is 2. The molecule has 1 aromatic heterocycles. The summed E-state index contributed by atoms with van der Waals surface area (Å²) >= 11 is 0. The van der Waals surface area contributed by atoms with E-state index < -0.39 is 0 Å². The predicted molar refractivity (Wildman–Crippen MR) is 82.9 cm³/mol. The number of nitrogens with one attached hydrogen (secondary N) is 1. The molecule has 0 aliphatic rings. The summed E-state index contributed by atoms with van der Waals surface area (Å²) in [4.78, 5) is 12.1. The topological polar surface area (TPSA) is 67.2 Å². The molecule has 2 N–H and O–H groups in total. The van der Waals surface area contributed by atoms with Gasteiger partial charge in [0.25, 0.3) is 5.56 Å². The summed E-state index contributed by atoms with van der Waals surface area (Å²) in [6.07, 6.45) is 0. The summed E-state index contributed by atoms with van der Waals surface area (Å²) in [6.45, 7) is 8.38. The lowest BCUT2D eigenvalue weighted by molar-refractivity contribution is 0.447. The van der Waals surface area contributed by atoms with E-state index in [2.05, 4.69) is 10.4 Å². The molecule has 0 aliphatic carbocycles. The van der Waals surface area contributed by atoms with Crippen LogP contribution in [-0.4, -0.2) is 20.9 Å². The first-order chi connectivity index (χ1) is 9.88. The van der Waals surface area contributed by atoms with Crippen LogP contribution in [0.15, 0.2) is 29.1 Å². The van der Waals surface area contributed by atoms with E-state index in [0.29, 0.717) is 12.2 Å². The molecule has 1 heterocycles. The summed E-state index contributed by atoms with van der Waals surface area (Å²) in [6, 6.07) is 7.30. The fourth-order valence-electron chi connectivity index (χ4n) is 2.12. The Hall–Kier alpha value is -2.14. The molecule has 2 aromatic rings. The Morgan fingerprint density at radius 1 is 1.29 bits per heavy atom. The second-order valence-electron chi connectivity index (χ2n) is 5.55. The first-order valence-corrected chi connectivity index (χ1v) is 7.01. The van der Waals surface area contributed by atoms with Crippen LogP contribution in [0.2, 0.25) is 0 Å². The van der Waals surface area contributed by atoms with Crippen LogP contribution in [0.4, 0.5) is 0 Å². The number of rotatable bonds is 4. The quantitative estimate of drug-likeness (QED) is 0.903. The number of hydrogen-bond donors (Lipinski definition) is 2. The number of hydrogen-bond acceptors (Lipinski definition) is 4. The number of aryl methyl sites for hydroxylation is 2. The highest BCUT2D eigenvalue weighted by molar-refractivity contribution is 5.42. The van der Waals surface area contributed by atoms with Crippen LogP contribution >= 0.6 is 0 Å².